The molecule has 0 unspecified atom stereocenters. The first-order valence-corrected chi connectivity index (χ1v) is 9.39. The van der Waals surface area contributed by atoms with Crippen LogP contribution >= 0.6 is 0 Å². The average Bonchev–Trinajstić information content (AvgIpc) is 3.27. The summed E-state index contributed by atoms with van der Waals surface area (Å²) in [7, 11) is 0. The Hall–Kier alpha value is -2.24. The first kappa shape index (κ1) is 16.0. The first-order chi connectivity index (χ1) is 12.8. The standard InChI is InChI=1S/C21H23N3O2/c1-2-6-19-18(5-1)22-15-24(19)20-7-3-4-16(23-20)12-17-13-21(14-26-17)8-10-25-11-9-21/h1-7,15,17H,8-14H2/t17-/m1/s1. The third-order valence-corrected chi connectivity index (χ3v) is 5.77. The molecule has 1 atom stereocenters. The summed E-state index contributed by atoms with van der Waals surface area (Å²) in [5.41, 5.74) is 3.48. The van der Waals surface area contributed by atoms with Crippen molar-refractivity contribution in [2.75, 3.05) is 19.8 Å². The molecular weight excluding hydrogens is 326 g/mol. The van der Waals surface area contributed by atoms with Crippen molar-refractivity contribution in [3.05, 3.63) is 54.5 Å². The SMILES string of the molecule is c1cc(C[C@@H]2CC3(CCOCC3)CO2)nc(-n2cnc3ccccc32)c1. The van der Waals surface area contributed by atoms with Crippen LogP contribution in [0.4, 0.5) is 0 Å². The predicted molar refractivity (Wildman–Crippen MR) is 99.4 cm³/mol. The number of fused-ring (bicyclic) bond motifs is 1. The van der Waals surface area contributed by atoms with E-state index in [0.29, 0.717) is 5.41 Å². The van der Waals surface area contributed by atoms with Crippen LogP contribution in [-0.2, 0) is 15.9 Å². The number of imidazole rings is 1. The summed E-state index contributed by atoms with van der Waals surface area (Å²) >= 11 is 0. The zero-order valence-electron chi connectivity index (χ0n) is 14.8. The van der Waals surface area contributed by atoms with Gasteiger partial charge in [-0.2, -0.15) is 0 Å². The molecular formula is C21H23N3O2. The number of pyridine rings is 1. The number of aromatic nitrogens is 3. The van der Waals surface area contributed by atoms with Gasteiger partial charge in [-0.1, -0.05) is 18.2 Å². The maximum atomic E-state index is 6.14. The molecule has 0 N–H and O–H groups in total. The Bertz CT molecular complexity index is 914. The molecule has 4 heterocycles. The highest BCUT2D eigenvalue weighted by Gasteiger charge is 2.41. The second-order valence-corrected chi connectivity index (χ2v) is 7.54. The summed E-state index contributed by atoms with van der Waals surface area (Å²) in [6.07, 6.45) is 6.34. The summed E-state index contributed by atoms with van der Waals surface area (Å²) in [6, 6.07) is 14.3. The van der Waals surface area contributed by atoms with Gasteiger partial charge in [-0.3, -0.25) is 4.57 Å². The summed E-state index contributed by atoms with van der Waals surface area (Å²) in [4.78, 5) is 9.35. The molecule has 2 aliphatic rings. The fourth-order valence-corrected chi connectivity index (χ4v) is 4.27. The monoisotopic (exact) mass is 349 g/mol. The topological polar surface area (TPSA) is 49.2 Å². The van der Waals surface area contributed by atoms with E-state index >= 15 is 0 Å². The van der Waals surface area contributed by atoms with Crippen molar-refractivity contribution in [2.24, 2.45) is 5.41 Å². The Balaban J connectivity index is 1.36. The van der Waals surface area contributed by atoms with Gasteiger partial charge in [0.1, 0.15) is 12.1 Å². The van der Waals surface area contributed by atoms with Crippen molar-refractivity contribution in [3.8, 4) is 5.82 Å². The Labute approximate surface area is 153 Å². The van der Waals surface area contributed by atoms with E-state index in [1.807, 2.05) is 35.2 Å². The van der Waals surface area contributed by atoms with E-state index in [-0.39, 0.29) is 6.10 Å². The van der Waals surface area contributed by atoms with Gasteiger partial charge in [0.15, 0.2) is 0 Å². The van der Waals surface area contributed by atoms with Gasteiger partial charge in [0.25, 0.3) is 0 Å². The minimum Gasteiger partial charge on any atom is -0.381 e. The second-order valence-electron chi connectivity index (χ2n) is 7.54. The van der Waals surface area contributed by atoms with Crippen molar-refractivity contribution in [2.45, 2.75) is 31.8 Å². The number of ether oxygens (including phenoxy) is 2. The van der Waals surface area contributed by atoms with Crippen LogP contribution in [-0.4, -0.2) is 40.5 Å². The van der Waals surface area contributed by atoms with Gasteiger partial charge in [0, 0.05) is 30.7 Å². The largest absolute Gasteiger partial charge is 0.381 e. The van der Waals surface area contributed by atoms with Gasteiger partial charge >= 0.3 is 0 Å². The molecule has 5 nitrogen and oxygen atoms in total. The van der Waals surface area contributed by atoms with Crippen LogP contribution in [0.5, 0.6) is 0 Å². The zero-order chi connectivity index (χ0) is 17.4. The van der Waals surface area contributed by atoms with E-state index < -0.39 is 0 Å². The molecule has 2 fully saturated rings. The molecule has 0 radical (unpaired) electrons. The summed E-state index contributed by atoms with van der Waals surface area (Å²) in [6.45, 7) is 2.61. The van der Waals surface area contributed by atoms with E-state index in [2.05, 4.69) is 23.2 Å². The van der Waals surface area contributed by atoms with Gasteiger partial charge in [0.05, 0.1) is 23.7 Å². The molecule has 0 amide bonds. The van der Waals surface area contributed by atoms with E-state index in [0.717, 1.165) is 68.0 Å². The van der Waals surface area contributed by atoms with Gasteiger partial charge in [-0.15, -0.1) is 0 Å². The van der Waals surface area contributed by atoms with Crippen molar-refractivity contribution >= 4 is 11.0 Å². The van der Waals surface area contributed by atoms with Gasteiger partial charge in [0.2, 0.25) is 0 Å². The molecule has 2 saturated heterocycles. The Morgan fingerprint density at radius 1 is 1.08 bits per heavy atom. The molecule has 0 aliphatic carbocycles. The minimum absolute atomic E-state index is 0.260. The highest BCUT2D eigenvalue weighted by Crippen LogP contribution is 2.42. The van der Waals surface area contributed by atoms with E-state index in [1.165, 1.54) is 0 Å². The van der Waals surface area contributed by atoms with Crippen molar-refractivity contribution in [1.82, 2.24) is 14.5 Å². The van der Waals surface area contributed by atoms with Crippen LogP contribution in [0.15, 0.2) is 48.8 Å². The van der Waals surface area contributed by atoms with Crippen LogP contribution in [0.2, 0.25) is 0 Å². The molecule has 5 heteroatoms. The fourth-order valence-electron chi connectivity index (χ4n) is 4.27. The lowest BCUT2D eigenvalue weighted by molar-refractivity contribution is 0.00696. The number of hydrogen-bond donors (Lipinski definition) is 0. The highest BCUT2D eigenvalue weighted by atomic mass is 16.5. The van der Waals surface area contributed by atoms with Crippen molar-refractivity contribution < 1.29 is 9.47 Å². The molecule has 0 bridgehead atoms. The lowest BCUT2D eigenvalue weighted by atomic mass is 9.78. The fraction of sp³-hybridized carbons (Fsp3) is 0.429. The summed E-state index contributed by atoms with van der Waals surface area (Å²) < 4.78 is 13.7. The first-order valence-electron chi connectivity index (χ1n) is 9.39. The molecule has 2 aromatic heterocycles. The molecule has 134 valence electrons. The van der Waals surface area contributed by atoms with Crippen LogP contribution in [0, 0.1) is 5.41 Å². The normalized spacial score (nSPS) is 22.2. The quantitative estimate of drug-likeness (QED) is 0.726. The Kier molecular flexibility index (Phi) is 3.98. The third kappa shape index (κ3) is 2.91. The van der Waals surface area contributed by atoms with Gasteiger partial charge in [-0.25, -0.2) is 9.97 Å². The molecule has 1 aromatic carbocycles. The molecule has 3 aromatic rings. The third-order valence-electron chi connectivity index (χ3n) is 5.77. The maximum Gasteiger partial charge on any atom is 0.138 e. The Morgan fingerprint density at radius 2 is 1.96 bits per heavy atom. The molecule has 2 aliphatic heterocycles. The lowest BCUT2D eigenvalue weighted by Crippen LogP contribution is -2.30. The van der Waals surface area contributed by atoms with E-state index in [4.69, 9.17) is 14.5 Å². The van der Waals surface area contributed by atoms with Gasteiger partial charge in [-0.05, 0) is 43.5 Å². The summed E-state index contributed by atoms with van der Waals surface area (Å²) in [5.74, 6) is 0.912. The predicted octanol–water partition coefficient (Wildman–Crippen LogP) is 3.55. The average molecular weight is 349 g/mol. The summed E-state index contributed by atoms with van der Waals surface area (Å²) in [5, 5.41) is 0. The number of nitrogens with zero attached hydrogens (tertiary/aromatic N) is 3. The smallest absolute Gasteiger partial charge is 0.138 e. The minimum atomic E-state index is 0.260. The molecule has 0 saturated carbocycles. The lowest BCUT2D eigenvalue weighted by Gasteiger charge is -2.31. The number of para-hydroxylation sites is 2. The van der Waals surface area contributed by atoms with Crippen LogP contribution in [0.3, 0.4) is 0 Å². The zero-order valence-corrected chi connectivity index (χ0v) is 14.8. The molecule has 26 heavy (non-hydrogen) atoms. The van der Waals surface area contributed by atoms with Crippen molar-refractivity contribution in [1.29, 1.82) is 0 Å². The van der Waals surface area contributed by atoms with Gasteiger partial charge < -0.3 is 9.47 Å². The maximum absolute atomic E-state index is 6.14. The van der Waals surface area contributed by atoms with E-state index in [1.54, 1.807) is 0 Å². The van der Waals surface area contributed by atoms with Crippen molar-refractivity contribution in [3.63, 3.8) is 0 Å². The number of rotatable bonds is 3. The number of benzene rings is 1. The highest BCUT2D eigenvalue weighted by molar-refractivity contribution is 5.76. The molecule has 5 rings (SSSR count). The van der Waals surface area contributed by atoms with Crippen LogP contribution < -0.4 is 0 Å². The van der Waals surface area contributed by atoms with E-state index in [9.17, 15) is 0 Å². The van der Waals surface area contributed by atoms with Crippen LogP contribution in [0.1, 0.15) is 25.0 Å². The Morgan fingerprint density at radius 3 is 2.88 bits per heavy atom. The van der Waals surface area contributed by atoms with Crippen LogP contribution in [0.25, 0.3) is 16.9 Å². The second kappa shape index (κ2) is 6.49. The number of hydrogen-bond acceptors (Lipinski definition) is 4. The molecule has 1 spiro atoms.